The van der Waals surface area contributed by atoms with E-state index in [0.29, 0.717) is 0 Å². The van der Waals surface area contributed by atoms with Crippen molar-refractivity contribution < 1.29 is 0 Å². The minimum absolute atomic E-state index is 0.989. The number of pyridine rings is 1. The number of benzene rings is 2. The summed E-state index contributed by atoms with van der Waals surface area (Å²) in [5.74, 6) is 0. The number of rotatable bonds is 3. The van der Waals surface area contributed by atoms with Gasteiger partial charge in [0.05, 0.1) is 22.9 Å². The topological polar surface area (TPSA) is 63.8 Å². The summed E-state index contributed by atoms with van der Waals surface area (Å²) in [7, 11) is 2.21. The number of aryl methyl sites for hydroxylation is 1. The molecule has 1 saturated heterocycles. The fourth-order valence-electron chi connectivity index (χ4n) is 5.95. The number of nitrogens with zero attached hydrogens (tertiary/aromatic N) is 4. The molecule has 0 bridgehead atoms. The zero-order valence-electron chi connectivity index (χ0n) is 19.7. The van der Waals surface area contributed by atoms with Gasteiger partial charge in [-0.05, 0) is 74.2 Å². The van der Waals surface area contributed by atoms with E-state index in [9.17, 15) is 0 Å². The molecule has 1 aliphatic carbocycles. The van der Waals surface area contributed by atoms with E-state index < -0.39 is 0 Å². The molecule has 5 aromatic rings. The molecule has 7 rings (SSSR count). The van der Waals surface area contributed by atoms with Crippen molar-refractivity contribution >= 4 is 32.7 Å². The van der Waals surface area contributed by atoms with Crippen LogP contribution in [0.25, 0.3) is 44.0 Å². The fraction of sp³-hybridized carbons (Fsp3) is 0.357. The largest absolute Gasteiger partial charge is 0.357 e. The number of hydrogen-bond acceptors (Lipinski definition) is 4. The van der Waals surface area contributed by atoms with Crippen LogP contribution < -0.4 is 0 Å². The van der Waals surface area contributed by atoms with E-state index in [4.69, 9.17) is 4.98 Å². The maximum Gasteiger partial charge on any atom is 0.0744 e. The molecule has 34 heavy (non-hydrogen) atoms. The Morgan fingerprint density at radius 3 is 2.62 bits per heavy atom. The number of fused-ring (bicyclic) bond motifs is 6. The van der Waals surface area contributed by atoms with Gasteiger partial charge in [0.1, 0.15) is 0 Å². The second kappa shape index (κ2) is 7.93. The molecule has 0 saturated carbocycles. The average Bonchev–Trinajstić information content (AvgIpc) is 3.50. The first-order chi connectivity index (χ1) is 16.7. The van der Waals surface area contributed by atoms with Gasteiger partial charge in [0.15, 0.2) is 0 Å². The molecular weight excluding hydrogens is 420 g/mol. The van der Waals surface area contributed by atoms with Gasteiger partial charge in [-0.15, -0.1) is 0 Å². The Hall–Kier alpha value is -3.22. The molecule has 0 spiro atoms. The molecule has 1 fully saturated rings. The monoisotopic (exact) mass is 450 g/mol. The molecule has 0 amide bonds. The highest BCUT2D eigenvalue weighted by Gasteiger charge is 2.22. The minimum Gasteiger partial charge on any atom is -0.357 e. The molecule has 0 unspecified atom stereocenters. The smallest absolute Gasteiger partial charge is 0.0744 e. The molecular formula is C28H30N6. The van der Waals surface area contributed by atoms with Crippen LogP contribution in [-0.2, 0) is 19.4 Å². The number of piperazine rings is 1. The Morgan fingerprint density at radius 2 is 1.74 bits per heavy atom. The summed E-state index contributed by atoms with van der Waals surface area (Å²) < 4.78 is 0. The lowest BCUT2D eigenvalue weighted by Gasteiger charge is -2.31. The van der Waals surface area contributed by atoms with Crippen molar-refractivity contribution in [3.05, 3.63) is 59.4 Å². The van der Waals surface area contributed by atoms with Crippen LogP contribution >= 0.6 is 0 Å². The zero-order chi connectivity index (χ0) is 22.6. The van der Waals surface area contributed by atoms with E-state index >= 15 is 0 Å². The van der Waals surface area contributed by atoms with Crippen molar-refractivity contribution in [1.82, 2.24) is 30.0 Å². The van der Waals surface area contributed by atoms with E-state index in [-0.39, 0.29) is 0 Å². The normalized spacial score (nSPS) is 17.7. The second-order valence-electron chi connectivity index (χ2n) is 10.1. The Morgan fingerprint density at radius 1 is 0.912 bits per heavy atom. The van der Waals surface area contributed by atoms with Gasteiger partial charge in [-0.2, -0.15) is 5.10 Å². The van der Waals surface area contributed by atoms with Crippen LogP contribution in [0.2, 0.25) is 0 Å². The summed E-state index contributed by atoms with van der Waals surface area (Å²) in [6, 6.07) is 13.4. The van der Waals surface area contributed by atoms with E-state index in [2.05, 4.69) is 68.4 Å². The van der Waals surface area contributed by atoms with Crippen LogP contribution in [-0.4, -0.2) is 63.2 Å². The zero-order valence-corrected chi connectivity index (χ0v) is 19.7. The third kappa shape index (κ3) is 3.32. The summed E-state index contributed by atoms with van der Waals surface area (Å²) in [5, 5.41) is 11.1. The molecule has 0 atom stereocenters. The molecule has 2 N–H and O–H groups in total. The lowest BCUT2D eigenvalue weighted by molar-refractivity contribution is 0.147. The maximum absolute atomic E-state index is 5.27. The molecule has 172 valence electrons. The molecule has 6 nitrogen and oxygen atoms in total. The number of nitrogens with one attached hydrogen (secondary N) is 2. The SMILES string of the molecule is CN1CCN(Cc2cc3c(ccc4nc(-c5ccc6[nH]ncc6c5)c5c(c43)CCCC5)[nH]2)CC1. The van der Waals surface area contributed by atoms with E-state index in [1.165, 1.54) is 51.5 Å². The van der Waals surface area contributed by atoms with Crippen LogP contribution in [0.4, 0.5) is 0 Å². The summed E-state index contributed by atoms with van der Waals surface area (Å²) in [4.78, 5) is 14.0. The molecule has 6 heteroatoms. The first-order valence-electron chi connectivity index (χ1n) is 12.5. The van der Waals surface area contributed by atoms with Crippen molar-refractivity contribution in [3.63, 3.8) is 0 Å². The molecule has 2 aliphatic rings. The van der Waals surface area contributed by atoms with Gasteiger partial charge in [0.2, 0.25) is 0 Å². The molecule has 3 aromatic heterocycles. The number of H-pyrrole nitrogens is 2. The Bertz CT molecular complexity index is 1520. The predicted molar refractivity (Wildman–Crippen MR) is 138 cm³/mol. The average molecular weight is 451 g/mol. The predicted octanol–water partition coefficient (Wildman–Crippen LogP) is 4.89. The highest BCUT2D eigenvalue weighted by Crippen LogP contribution is 2.39. The Balaban J connectivity index is 1.36. The summed E-state index contributed by atoms with van der Waals surface area (Å²) in [6.07, 6.45) is 6.62. The highest BCUT2D eigenvalue weighted by atomic mass is 15.2. The first kappa shape index (κ1) is 20.2. The lowest BCUT2D eigenvalue weighted by Crippen LogP contribution is -2.43. The van der Waals surface area contributed by atoms with Gasteiger partial charge in [0.25, 0.3) is 0 Å². The van der Waals surface area contributed by atoms with E-state index in [0.717, 1.165) is 67.7 Å². The second-order valence-corrected chi connectivity index (χ2v) is 10.1. The molecule has 1 aliphatic heterocycles. The first-order valence-corrected chi connectivity index (χ1v) is 12.5. The van der Waals surface area contributed by atoms with Crippen LogP contribution in [0.15, 0.2) is 42.6 Å². The van der Waals surface area contributed by atoms with Crippen LogP contribution in [0.3, 0.4) is 0 Å². The highest BCUT2D eigenvalue weighted by molar-refractivity contribution is 6.08. The maximum atomic E-state index is 5.27. The fourth-order valence-corrected chi connectivity index (χ4v) is 5.95. The standard InChI is InChI=1S/C28H30N6/c1-33-10-12-34(13-11-33)17-20-15-23-25(30-20)8-9-26-27(23)21-4-2-3-5-22(21)28(31-26)18-6-7-24-19(14-18)16-29-32-24/h6-9,14-16,30H,2-5,10-13,17H2,1H3,(H,29,32). The van der Waals surface area contributed by atoms with E-state index in [1.54, 1.807) is 0 Å². The van der Waals surface area contributed by atoms with Crippen molar-refractivity contribution in [2.75, 3.05) is 33.2 Å². The number of aromatic amines is 2. The molecule has 0 radical (unpaired) electrons. The van der Waals surface area contributed by atoms with Crippen LogP contribution in [0, 0.1) is 0 Å². The van der Waals surface area contributed by atoms with Gasteiger partial charge >= 0.3 is 0 Å². The minimum atomic E-state index is 0.989. The van der Waals surface area contributed by atoms with Crippen LogP contribution in [0.5, 0.6) is 0 Å². The van der Waals surface area contributed by atoms with Gasteiger partial charge in [-0.25, -0.2) is 4.98 Å². The number of likely N-dealkylation sites (N-methyl/N-ethyl adjacent to an activating group) is 1. The van der Waals surface area contributed by atoms with E-state index in [1.807, 2.05) is 6.20 Å². The van der Waals surface area contributed by atoms with Crippen molar-refractivity contribution in [2.24, 2.45) is 0 Å². The number of aromatic nitrogens is 4. The van der Waals surface area contributed by atoms with Gasteiger partial charge < -0.3 is 9.88 Å². The van der Waals surface area contributed by atoms with Gasteiger partial charge in [-0.3, -0.25) is 10.00 Å². The lowest BCUT2D eigenvalue weighted by atomic mass is 9.85. The third-order valence-corrected chi connectivity index (χ3v) is 7.83. The Labute approximate surface area is 199 Å². The summed E-state index contributed by atoms with van der Waals surface area (Å²) in [6.45, 7) is 5.55. The van der Waals surface area contributed by atoms with Gasteiger partial charge in [-0.1, -0.05) is 6.07 Å². The van der Waals surface area contributed by atoms with Crippen molar-refractivity contribution in [3.8, 4) is 11.3 Å². The molecule has 4 heterocycles. The summed E-state index contributed by atoms with van der Waals surface area (Å²) in [5.41, 5.74) is 10.0. The molecule has 2 aromatic carbocycles. The van der Waals surface area contributed by atoms with Gasteiger partial charge in [0, 0.05) is 65.7 Å². The quantitative estimate of drug-likeness (QED) is 0.411. The van der Waals surface area contributed by atoms with Crippen LogP contribution in [0.1, 0.15) is 29.7 Å². The number of hydrogen-bond donors (Lipinski definition) is 2. The third-order valence-electron chi connectivity index (χ3n) is 7.83. The summed E-state index contributed by atoms with van der Waals surface area (Å²) >= 11 is 0. The van der Waals surface area contributed by atoms with Crippen molar-refractivity contribution in [1.29, 1.82) is 0 Å². The Kier molecular flexibility index (Phi) is 4.71. The van der Waals surface area contributed by atoms with Crippen molar-refractivity contribution in [2.45, 2.75) is 32.2 Å².